The molecule has 1 atom stereocenters. The molecule has 0 radical (unpaired) electrons. The molecule has 0 aromatic heterocycles. The number of rotatable bonds is 8. The molecule has 3 rings (SSSR count). The van der Waals surface area contributed by atoms with E-state index in [0.29, 0.717) is 18.5 Å². The molecule has 0 saturated carbocycles. The topological polar surface area (TPSA) is 78.5 Å². The summed E-state index contributed by atoms with van der Waals surface area (Å²) in [6, 6.07) is 15.1. The monoisotopic (exact) mass is 407 g/mol. The van der Waals surface area contributed by atoms with Crippen LogP contribution < -0.4 is 10.6 Å². The smallest absolute Gasteiger partial charge is 0.325 e. The Morgan fingerprint density at radius 1 is 1.07 bits per heavy atom. The molecule has 6 nitrogen and oxygen atoms in total. The van der Waals surface area contributed by atoms with E-state index >= 15 is 0 Å². The highest BCUT2D eigenvalue weighted by Crippen LogP contribution is 2.29. The first-order valence-electron chi connectivity index (χ1n) is 10.4. The zero-order valence-electron chi connectivity index (χ0n) is 17.8. The third-order valence-electron chi connectivity index (χ3n) is 5.62. The lowest BCUT2D eigenvalue weighted by atomic mass is 9.91. The maximum Gasteiger partial charge on any atom is 0.325 e. The van der Waals surface area contributed by atoms with E-state index in [1.165, 1.54) is 11.1 Å². The van der Waals surface area contributed by atoms with Crippen molar-refractivity contribution in [1.82, 2.24) is 15.5 Å². The zero-order chi connectivity index (χ0) is 21.7. The fourth-order valence-electron chi connectivity index (χ4n) is 3.76. The van der Waals surface area contributed by atoms with Crippen LogP contribution in [-0.4, -0.2) is 35.8 Å². The van der Waals surface area contributed by atoms with Gasteiger partial charge in [-0.05, 0) is 48.9 Å². The average Bonchev–Trinajstić information content (AvgIpc) is 2.94. The first kappa shape index (κ1) is 21.6. The van der Waals surface area contributed by atoms with Gasteiger partial charge >= 0.3 is 6.03 Å². The maximum absolute atomic E-state index is 13.0. The van der Waals surface area contributed by atoms with Crippen molar-refractivity contribution in [2.75, 3.05) is 13.1 Å². The minimum atomic E-state index is -1.16. The SMILES string of the molecule is CCCc1ccc([C@@]2(C)NC(=O)N(CC(=O)NCCc3ccccc3C)C2=O)cc1. The highest BCUT2D eigenvalue weighted by Gasteiger charge is 2.49. The molecule has 6 heteroatoms. The van der Waals surface area contributed by atoms with E-state index in [1.54, 1.807) is 6.92 Å². The quantitative estimate of drug-likeness (QED) is 0.660. The van der Waals surface area contributed by atoms with E-state index < -0.39 is 17.5 Å². The Hall–Kier alpha value is -3.15. The Kier molecular flexibility index (Phi) is 6.55. The van der Waals surface area contributed by atoms with Crippen molar-refractivity contribution in [3.05, 3.63) is 70.8 Å². The second-order valence-electron chi connectivity index (χ2n) is 7.92. The highest BCUT2D eigenvalue weighted by molar-refractivity contribution is 6.09. The summed E-state index contributed by atoms with van der Waals surface area (Å²) >= 11 is 0. The van der Waals surface area contributed by atoms with Crippen molar-refractivity contribution < 1.29 is 14.4 Å². The van der Waals surface area contributed by atoms with Crippen molar-refractivity contribution in [2.45, 2.75) is 45.6 Å². The van der Waals surface area contributed by atoms with E-state index in [4.69, 9.17) is 0 Å². The average molecular weight is 408 g/mol. The molecule has 2 aromatic carbocycles. The first-order chi connectivity index (χ1) is 14.3. The number of imide groups is 1. The fraction of sp³-hybridized carbons (Fsp3) is 0.375. The van der Waals surface area contributed by atoms with Crippen LogP contribution in [0.4, 0.5) is 4.79 Å². The Morgan fingerprint density at radius 3 is 2.43 bits per heavy atom. The van der Waals surface area contributed by atoms with Gasteiger partial charge in [0.05, 0.1) is 0 Å². The Balaban J connectivity index is 1.60. The Labute approximate surface area is 177 Å². The lowest BCUT2D eigenvalue weighted by molar-refractivity contribution is -0.134. The molecule has 0 unspecified atom stereocenters. The molecule has 158 valence electrons. The molecule has 1 aliphatic rings. The summed E-state index contributed by atoms with van der Waals surface area (Å²) in [7, 11) is 0. The zero-order valence-corrected chi connectivity index (χ0v) is 17.8. The summed E-state index contributed by atoms with van der Waals surface area (Å²) in [6.07, 6.45) is 2.70. The first-order valence-corrected chi connectivity index (χ1v) is 10.4. The minimum Gasteiger partial charge on any atom is -0.354 e. The summed E-state index contributed by atoms with van der Waals surface area (Å²) in [5.41, 5.74) is 3.06. The largest absolute Gasteiger partial charge is 0.354 e. The Bertz CT molecular complexity index is 939. The number of carbonyl (C=O) groups excluding carboxylic acids is 3. The number of benzene rings is 2. The van der Waals surface area contributed by atoms with Crippen LogP contribution in [0, 0.1) is 6.92 Å². The van der Waals surface area contributed by atoms with Gasteiger partial charge in [0.15, 0.2) is 0 Å². The van der Waals surface area contributed by atoms with Crippen LogP contribution in [0.2, 0.25) is 0 Å². The van der Waals surface area contributed by atoms with Crippen LogP contribution in [-0.2, 0) is 28.0 Å². The number of nitrogens with zero attached hydrogens (tertiary/aromatic N) is 1. The predicted octanol–water partition coefficient (Wildman–Crippen LogP) is 3.07. The number of nitrogens with one attached hydrogen (secondary N) is 2. The van der Waals surface area contributed by atoms with Crippen molar-refractivity contribution in [2.24, 2.45) is 0 Å². The van der Waals surface area contributed by atoms with Gasteiger partial charge < -0.3 is 10.6 Å². The van der Waals surface area contributed by atoms with E-state index in [-0.39, 0.29) is 12.5 Å². The predicted molar refractivity (Wildman–Crippen MR) is 116 cm³/mol. The summed E-state index contributed by atoms with van der Waals surface area (Å²) in [4.78, 5) is 38.8. The lowest BCUT2D eigenvalue weighted by Gasteiger charge is -2.22. The van der Waals surface area contributed by atoms with Gasteiger partial charge in [-0.3, -0.25) is 14.5 Å². The molecular formula is C24H29N3O3. The molecular weight excluding hydrogens is 378 g/mol. The van der Waals surface area contributed by atoms with Gasteiger partial charge in [0.25, 0.3) is 5.91 Å². The van der Waals surface area contributed by atoms with Gasteiger partial charge in [-0.15, -0.1) is 0 Å². The summed E-state index contributed by atoms with van der Waals surface area (Å²) in [5.74, 6) is -0.764. The summed E-state index contributed by atoms with van der Waals surface area (Å²) < 4.78 is 0. The van der Waals surface area contributed by atoms with Gasteiger partial charge in [-0.2, -0.15) is 0 Å². The molecule has 1 saturated heterocycles. The number of hydrogen-bond acceptors (Lipinski definition) is 3. The standard InChI is InChI=1S/C24H29N3O3/c1-4-7-18-10-12-20(13-11-18)24(3)22(29)27(23(30)26-24)16-21(28)25-15-14-19-9-6-5-8-17(19)2/h5-6,8-13H,4,7,14-16H2,1-3H3,(H,25,28)(H,26,30)/t24-/m1/s1. The second-order valence-corrected chi connectivity index (χ2v) is 7.92. The number of hydrogen-bond donors (Lipinski definition) is 2. The Morgan fingerprint density at radius 2 is 1.77 bits per heavy atom. The number of urea groups is 1. The molecule has 0 aliphatic carbocycles. The number of aryl methyl sites for hydroxylation is 2. The van der Waals surface area contributed by atoms with Crippen LogP contribution in [0.15, 0.2) is 48.5 Å². The van der Waals surface area contributed by atoms with Gasteiger partial charge in [0, 0.05) is 6.54 Å². The van der Waals surface area contributed by atoms with Crippen LogP contribution in [0.3, 0.4) is 0 Å². The molecule has 2 N–H and O–H groups in total. The van der Waals surface area contributed by atoms with E-state index in [9.17, 15) is 14.4 Å². The van der Waals surface area contributed by atoms with Crippen LogP contribution in [0.25, 0.3) is 0 Å². The molecule has 2 aromatic rings. The van der Waals surface area contributed by atoms with Crippen molar-refractivity contribution in [3.8, 4) is 0 Å². The van der Waals surface area contributed by atoms with E-state index in [1.807, 2.05) is 55.5 Å². The third-order valence-corrected chi connectivity index (χ3v) is 5.62. The molecule has 1 fully saturated rings. The van der Waals surface area contributed by atoms with E-state index in [0.717, 1.165) is 23.3 Å². The lowest BCUT2D eigenvalue weighted by Crippen LogP contribution is -2.43. The number of amides is 4. The van der Waals surface area contributed by atoms with Crippen molar-refractivity contribution >= 4 is 17.8 Å². The summed E-state index contributed by atoms with van der Waals surface area (Å²) in [6.45, 7) is 5.98. The molecule has 1 aliphatic heterocycles. The fourth-order valence-corrected chi connectivity index (χ4v) is 3.76. The summed E-state index contributed by atoms with van der Waals surface area (Å²) in [5, 5.41) is 5.55. The van der Waals surface area contributed by atoms with Crippen molar-refractivity contribution in [1.29, 1.82) is 0 Å². The molecule has 4 amide bonds. The molecule has 0 bridgehead atoms. The van der Waals surface area contributed by atoms with Crippen LogP contribution in [0.5, 0.6) is 0 Å². The minimum absolute atomic E-state index is 0.290. The molecule has 0 spiro atoms. The number of carbonyl (C=O) groups is 3. The highest BCUT2D eigenvalue weighted by atomic mass is 16.2. The molecule has 1 heterocycles. The van der Waals surface area contributed by atoms with Gasteiger partial charge in [-0.1, -0.05) is 61.9 Å². The third kappa shape index (κ3) is 4.53. The maximum atomic E-state index is 13.0. The van der Waals surface area contributed by atoms with Crippen LogP contribution >= 0.6 is 0 Å². The van der Waals surface area contributed by atoms with Gasteiger partial charge in [0.2, 0.25) is 5.91 Å². The van der Waals surface area contributed by atoms with Gasteiger partial charge in [-0.25, -0.2) is 4.79 Å². The van der Waals surface area contributed by atoms with E-state index in [2.05, 4.69) is 17.6 Å². The second kappa shape index (κ2) is 9.11. The van der Waals surface area contributed by atoms with Crippen LogP contribution in [0.1, 0.15) is 42.5 Å². The molecule has 30 heavy (non-hydrogen) atoms. The normalized spacial score (nSPS) is 18.4. The van der Waals surface area contributed by atoms with Crippen molar-refractivity contribution in [3.63, 3.8) is 0 Å². The van der Waals surface area contributed by atoms with Gasteiger partial charge in [0.1, 0.15) is 12.1 Å².